The van der Waals surface area contributed by atoms with Crippen molar-refractivity contribution >= 4 is 21.6 Å². The van der Waals surface area contributed by atoms with Gasteiger partial charge in [0.25, 0.3) is 0 Å². The topological polar surface area (TPSA) is 54.4 Å². The predicted molar refractivity (Wildman–Crippen MR) is 51.1 cm³/mol. The second-order valence-electron chi connectivity index (χ2n) is 2.80. The van der Waals surface area contributed by atoms with Crippen molar-refractivity contribution in [2.24, 2.45) is 0 Å². The van der Waals surface area contributed by atoms with E-state index < -0.39 is 15.9 Å². The third kappa shape index (κ3) is 2.50. The molecule has 70 valence electrons. The van der Waals surface area contributed by atoms with Crippen LogP contribution in [0.2, 0.25) is 0 Å². The minimum Gasteiger partial charge on any atom is -0.391 e. The quantitative estimate of drug-likeness (QED) is 0.667. The highest BCUT2D eigenvalue weighted by molar-refractivity contribution is 8.02. The zero-order valence-electron chi connectivity index (χ0n) is 6.64. The molecule has 1 N–H and O–H groups in total. The smallest absolute Gasteiger partial charge is 0.154 e. The second kappa shape index (κ2) is 3.81. The van der Waals surface area contributed by atoms with Crippen LogP contribution < -0.4 is 0 Å². The number of hydrogen-bond acceptors (Lipinski definition) is 4. The van der Waals surface area contributed by atoms with E-state index in [-0.39, 0.29) is 16.8 Å². The van der Waals surface area contributed by atoms with Crippen LogP contribution in [-0.2, 0) is 9.84 Å². The van der Waals surface area contributed by atoms with Gasteiger partial charge in [0.1, 0.15) is 0 Å². The average molecular weight is 208 g/mol. The molecule has 0 spiro atoms. The Labute approximate surface area is 76.8 Å². The number of rotatable bonds is 3. The van der Waals surface area contributed by atoms with Crippen molar-refractivity contribution in [1.82, 2.24) is 0 Å². The first-order valence-electron chi connectivity index (χ1n) is 3.66. The van der Waals surface area contributed by atoms with Gasteiger partial charge in [-0.15, -0.1) is 6.58 Å². The third-order valence-electron chi connectivity index (χ3n) is 1.70. The predicted octanol–water partition coefficient (Wildman–Crippen LogP) is 0.0635. The van der Waals surface area contributed by atoms with Gasteiger partial charge in [-0.3, -0.25) is 0 Å². The van der Waals surface area contributed by atoms with Gasteiger partial charge in [0.05, 0.1) is 17.6 Å². The van der Waals surface area contributed by atoms with Crippen LogP contribution >= 0.6 is 11.8 Å². The summed E-state index contributed by atoms with van der Waals surface area (Å²) in [4.78, 5) is 0. The highest BCUT2D eigenvalue weighted by Crippen LogP contribution is 2.24. The Morgan fingerprint density at radius 2 is 2.25 bits per heavy atom. The molecule has 0 radical (unpaired) electrons. The summed E-state index contributed by atoms with van der Waals surface area (Å²) in [6, 6.07) is 0. The minimum atomic E-state index is -2.98. The van der Waals surface area contributed by atoms with Gasteiger partial charge in [-0.2, -0.15) is 11.8 Å². The van der Waals surface area contributed by atoms with E-state index in [9.17, 15) is 13.5 Å². The maximum Gasteiger partial charge on any atom is 0.154 e. The van der Waals surface area contributed by atoms with Crippen molar-refractivity contribution in [2.75, 3.05) is 17.3 Å². The third-order valence-corrected chi connectivity index (χ3v) is 4.96. The molecule has 12 heavy (non-hydrogen) atoms. The van der Waals surface area contributed by atoms with Crippen LogP contribution in [0.15, 0.2) is 12.7 Å². The number of thioether (sulfide) groups is 1. The maximum atomic E-state index is 11.0. The Bertz CT molecular complexity index is 258. The molecule has 1 aliphatic rings. The van der Waals surface area contributed by atoms with Crippen molar-refractivity contribution < 1.29 is 13.5 Å². The van der Waals surface area contributed by atoms with Crippen molar-refractivity contribution in [1.29, 1.82) is 0 Å². The van der Waals surface area contributed by atoms with Gasteiger partial charge in [-0.1, -0.05) is 6.08 Å². The fraction of sp³-hybridized carbons (Fsp3) is 0.714. The Balaban J connectivity index is 2.52. The lowest BCUT2D eigenvalue weighted by Gasteiger charge is -2.09. The van der Waals surface area contributed by atoms with Gasteiger partial charge in [-0.25, -0.2) is 8.42 Å². The molecule has 2 unspecified atom stereocenters. The van der Waals surface area contributed by atoms with Crippen molar-refractivity contribution in [3.05, 3.63) is 12.7 Å². The van der Waals surface area contributed by atoms with E-state index in [4.69, 9.17) is 0 Å². The number of sulfone groups is 1. The van der Waals surface area contributed by atoms with Crippen LogP contribution in [0, 0.1) is 0 Å². The normalized spacial score (nSPS) is 33.4. The molecular weight excluding hydrogens is 196 g/mol. The van der Waals surface area contributed by atoms with E-state index in [2.05, 4.69) is 6.58 Å². The highest BCUT2D eigenvalue weighted by Gasteiger charge is 2.36. The SMILES string of the molecule is C=CCSC1CS(=O)(=O)CC1O. The van der Waals surface area contributed by atoms with E-state index in [0.29, 0.717) is 5.75 Å². The van der Waals surface area contributed by atoms with Crippen LogP contribution in [0.4, 0.5) is 0 Å². The summed E-state index contributed by atoms with van der Waals surface area (Å²) in [6.07, 6.45) is 1.02. The van der Waals surface area contributed by atoms with Gasteiger partial charge in [-0.05, 0) is 0 Å². The van der Waals surface area contributed by atoms with Gasteiger partial charge in [0.15, 0.2) is 9.84 Å². The minimum absolute atomic E-state index is 0.0815. The number of aliphatic hydroxyl groups is 1. The van der Waals surface area contributed by atoms with Gasteiger partial charge >= 0.3 is 0 Å². The van der Waals surface area contributed by atoms with Gasteiger partial charge in [0, 0.05) is 11.0 Å². The average Bonchev–Trinajstić information content (AvgIpc) is 2.20. The van der Waals surface area contributed by atoms with Crippen molar-refractivity contribution in [3.8, 4) is 0 Å². The summed E-state index contributed by atoms with van der Waals surface area (Å²) in [5.74, 6) is 0.714. The van der Waals surface area contributed by atoms with E-state index in [1.54, 1.807) is 6.08 Å². The lowest BCUT2D eigenvalue weighted by atomic mass is 10.3. The molecule has 0 amide bonds. The molecule has 5 heteroatoms. The molecule has 1 saturated heterocycles. The summed E-state index contributed by atoms with van der Waals surface area (Å²) < 4.78 is 22.0. The first kappa shape index (κ1) is 10.1. The summed E-state index contributed by atoms with van der Waals surface area (Å²) >= 11 is 1.45. The lowest BCUT2D eigenvalue weighted by molar-refractivity contribution is 0.207. The molecule has 0 bridgehead atoms. The zero-order chi connectivity index (χ0) is 9.19. The van der Waals surface area contributed by atoms with E-state index in [1.807, 2.05) is 0 Å². The molecular formula is C7H12O3S2. The Morgan fingerprint density at radius 3 is 2.67 bits per heavy atom. The number of hydrogen-bond donors (Lipinski definition) is 1. The maximum absolute atomic E-state index is 11.0. The highest BCUT2D eigenvalue weighted by atomic mass is 32.2. The Hall–Kier alpha value is -0.0000000000000000763. The molecule has 1 rings (SSSR count). The standard InChI is InChI=1S/C7H12O3S2/c1-2-3-11-7-5-12(9,10)4-6(7)8/h2,6-8H,1,3-5H2. The van der Waals surface area contributed by atoms with Crippen molar-refractivity contribution in [2.45, 2.75) is 11.4 Å². The monoisotopic (exact) mass is 208 g/mol. The first-order valence-corrected chi connectivity index (χ1v) is 6.53. The zero-order valence-corrected chi connectivity index (χ0v) is 8.27. The molecule has 1 fully saturated rings. The van der Waals surface area contributed by atoms with Crippen LogP contribution in [-0.4, -0.2) is 42.1 Å². The van der Waals surface area contributed by atoms with E-state index in [0.717, 1.165) is 0 Å². The summed E-state index contributed by atoms with van der Waals surface area (Å²) in [5.41, 5.74) is 0. The van der Waals surface area contributed by atoms with Crippen LogP contribution in [0.3, 0.4) is 0 Å². The fourth-order valence-electron chi connectivity index (χ4n) is 1.15. The Kier molecular flexibility index (Phi) is 3.20. The molecule has 0 aromatic heterocycles. The fourth-order valence-corrected chi connectivity index (χ4v) is 4.59. The summed E-state index contributed by atoms with van der Waals surface area (Å²) in [5, 5.41) is 9.16. The van der Waals surface area contributed by atoms with E-state index >= 15 is 0 Å². The molecule has 2 atom stereocenters. The molecule has 1 aliphatic heterocycles. The van der Waals surface area contributed by atoms with Crippen LogP contribution in [0.5, 0.6) is 0 Å². The van der Waals surface area contributed by atoms with E-state index in [1.165, 1.54) is 11.8 Å². The number of aliphatic hydroxyl groups excluding tert-OH is 1. The summed E-state index contributed by atoms with van der Waals surface area (Å²) in [6.45, 7) is 3.53. The molecule has 3 nitrogen and oxygen atoms in total. The van der Waals surface area contributed by atoms with Crippen LogP contribution in [0.25, 0.3) is 0 Å². The molecule has 0 aliphatic carbocycles. The van der Waals surface area contributed by atoms with Crippen LogP contribution in [0.1, 0.15) is 0 Å². The lowest BCUT2D eigenvalue weighted by Crippen LogP contribution is -2.20. The van der Waals surface area contributed by atoms with Gasteiger partial charge in [0.2, 0.25) is 0 Å². The van der Waals surface area contributed by atoms with Crippen molar-refractivity contribution in [3.63, 3.8) is 0 Å². The largest absolute Gasteiger partial charge is 0.391 e. The second-order valence-corrected chi connectivity index (χ2v) is 6.23. The molecule has 0 aromatic rings. The Morgan fingerprint density at radius 1 is 1.58 bits per heavy atom. The molecule has 0 saturated carbocycles. The first-order chi connectivity index (χ1) is 5.55. The summed E-state index contributed by atoms with van der Waals surface area (Å²) in [7, 11) is -2.98. The molecule has 0 aromatic carbocycles. The molecule has 1 heterocycles. The van der Waals surface area contributed by atoms with Gasteiger partial charge < -0.3 is 5.11 Å².